The topological polar surface area (TPSA) is 66.8 Å². The van der Waals surface area contributed by atoms with Crippen LogP contribution in [0.25, 0.3) is 0 Å². The molecule has 0 saturated heterocycles. The van der Waals surface area contributed by atoms with Crippen molar-refractivity contribution in [2.75, 3.05) is 27.7 Å². The van der Waals surface area contributed by atoms with Crippen LogP contribution in [0.15, 0.2) is 24.3 Å². The molecule has 2 atom stereocenters. The highest BCUT2D eigenvalue weighted by molar-refractivity contribution is 14.1. The van der Waals surface area contributed by atoms with Crippen molar-refractivity contribution in [2.45, 2.75) is 83.2 Å². The van der Waals surface area contributed by atoms with Crippen LogP contribution in [0.3, 0.4) is 0 Å². The maximum Gasteiger partial charge on any atom is 0.470 e. The molecule has 2 unspecified atom stereocenters. The van der Waals surface area contributed by atoms with E-state index in [4.69, 9.17) is 4.52 Å². The fourth-order valence-corrected chi connectivity index (χ4v) is 4.85. The van der Waals surface area contributed by atoms with Gasteiger partial charge in [-0.2, -0.15) is 0 Å². The van der Waals surface area contributed by atoms with Crippen molar-refractivity contribution in [3.8, 4) is 0 Å². The Morgan fingerprint density at radius 1 is 0.967 bits per heavy atom. The summed E-state index contributed by atoms with van der Waals surface area (Å²) >= 11 is 2.30. The lowest BCUT2D eigenvalue weighted by Crippen LogP contribution is -2.42. The molecule has 0 aliphatic carbocycles. The minimum absolute atomic E-state index is 0.241. The molecule has 1 rings (SSSR count). The number of halogens is 1. The molecule has 0 radical (unpaired) electrons. The largest absolute Gasteiger partial charge is 0.470 e. The second-order valence-corrected chi connectivity index (χ2v) is 11.9. The Bertz CT molecular complexity index is 627. The van der Waals surface area contributed by atoms with Gasteiger partial charge in [-0.15, -0.1) is 0 Å². The van der Waals surface area contributed by atoms with Crippen molar-refractivity contribution in [1.29, 1.82) is 0 Å². The van der Waals surface area contributed by atoms with E-state index in [0.717, 1.165) is 12.8 Å². The maximum atomic E-state index is 11.6. The molecular weight excluding hydrogens is 512 g/mol. The van der Waals surface area contributed by atoms with Gasteiger partial charge in [-0.1, -0.05) is 70.4 Å². The van der Waals surface area contributed by atoms with E-state index in [9.17, 15) is 14.4 Å². The molecule has 0 aliphatic heterocycles. The van der Waals surface area contributed by atoms with E-state index >= 15 is 0 Å². The molecule has 0 amide bonds. The highest BCUT2D eigenvalue weighted by Gasteiger charge is 2.30. The summed E-state index contributed by atoms with van der Waals surface area (Å²) in [5.41, 5.74) is 1.24. The van der Waals surface area contributed by atoms with Crippen LogP contribution >= 0.6 is 30.4 Å². The van der Waals surface area contributed by atoms with E-state index in [2.05, 4.69) is 53.8 Å². The quantitative estimate of drug-likeness (QED) is 0.106. The summed E-state index contributed by atoms with van der Waals surface area (Å²) in [4.78, 5) is 18.8. The molecule has 0 fully saturated rings. The van der Waals surface area contributed by atoms with Crippen molar-refractivity contribution in [3.63, 3.8) is 0 Å². The number of phosphoric ester groups is 1. The molecule has 1 aromatic carbocycles. The highest BCUT2D eigenvalue weighted by atomic mass is 127. The van der Waals surface area contributed by atoms with Crippen LogP contribution < -0.4 is 0 Å². The molecule has 0 aliphatic rings. The lowest BCUT2D eigenvalue weighted by Gasteiger charge is -2.31. The molecule has 0 saturated carbocycles. The summed E-state index contributed by atoms with van der Waals surface area (Å²) in [5, 5.41) is 0. The van der Waals surface area contributed by atoms with Gasteiger partial charge in [0, 0.05) is 3.57 Å². The van der Waals surface area contributed by atoms with E-state index in [0.29, 0.717) is 17.4 Å². The van der Waals surface area contributed by atoms with Gasteiger partial charge in [0.1, 0.15) is 12.6 Å². The summed E-state index contributed by atoms with van der Waals surface area (Å²) in [7, 11) is 1.54. The van der Waals surface area contributed by atoms with Gasteiger partial charge in [-0.05, 0) is 59.0 Å². The number of benzene rings is 1. The van der Waals surface area contributed by atoms with Gasteiger partial charge in [0.2, 0.25) is 0 Å². The highest BCUT2D eigenvalue weighted by Crippen LogP contribution is 2.41. The predicted molar refractivity (Wildman–Crippen MR) is 134 cm³/mol. The zero-order valence-corrected chi connectivity index (χ0v) is 22.3. The van der Waals surface area contributed by atoms with Crippen molar-refractivity contribution in [1.82, 2.24) is 0 Å². The van der Waals surface area contributed by atoms with Gasteiger partial charge in [-0.25, -0.2) is 4.57 Å². The minimum atomic E-state index is -4.52. The molecule has 0 aromatic heterocycles. The summed E-state index contributed by atoms with van der Waals surface area (Å²) in [6, 6.07) is 8.51. The van der Waals surface area contributed by atoms with Crippen molar-refractivity contribution in [3.05, 3.63) is 33.4 Å². The fraction of sp³-hybridized carbons (Fsp3) is 0.739. The van der Waals surface area contributed by atoms with Gasteiger partial charge < -0.3 is 14.3 Å². The molecule has 2 N–H and O–H groups in total. The molecular formula is C23H42INO4P+. The van der Waals surface area contributed by atoms with Crippen molar-refractivity contribution < 1.29 is 23.4 Å². The van der Waals surface area contributed by atoms with Gasteiger partial charge >= 0.3 is 7.82 Å². The summed E-state index contributed by atoms with van der Waals surface area (Å²) in [6.45, 7) is 2.80. The smallest absolute Gasteiger partial charge is 0.329 e. The van der Waals surface area contributed by atoms with Gasteiger partial charge in [0.05, 0.1) is 21.1 Å². The number of hydrogen-bond acceptors (Lipinski definition) is 2. The van der Waals surface area contributed by atoms with Crippen molar-refractivity contribution >= 4 is 30.4 Å². The second kappa shape index (κ2) is 14.2. The Balaban J connectivity index is 2.73. The monoisotopic (exact) mass is 554 g/mol. The van der Waals surface area contributed by atoms with Crippen molar-refractivity contribution in [2.24, 2.45) is 0 Å². The Morgan fingerprint density at radius 3 is 2.00 bits per heavy atom. The first kappa shape index (κ1) is 28.1. The van der Waals surface area contributed by atoms with E-state index < -0.39 is 13.9 Å². The average molecular weight is 554 g/mol. The van der Waals surface area contributed by atoms with E-state index in [1.165, 1.54) is 54.1 Å². The Morgan fingerprint density at radius 2 is 1.50 bits per heavy atom. The third-order valence-corrected chi connectivity index (χ3v) is 6.62. The van der Waals surface area contributed by atoms with Crippen LogP contribution in [0.1, 0.15) is 82.6 Å². The number of rotatable bonds is 16. The summed E-state index contributed by atoms with van der Waals surface area (Å²) < 4.78 is 18.6. The SMILES string of the molecule is CCCCCCCCCCC(CC(C[N+](C)(C)C)OP(=O)(O)O)c1ccc(I)cc1. The number of nitrogens with zero attached hydrogens (tertiary/aromatic N) is 1. The van der Waals surface area contributed by atoms with Crippen LogP contribution in [0.5, 0.6) is 0 Å². The van der Waals surface area contributed by atoms with E-state index in [-0.39, 0.29) is 5.92 Å². The average Bonchev–Trinajstić information content (AvgIpc) is 2.61. The first-order valence-corrected chi connectivity index (χ1v) is 13.9. The molecule has 0 heterocycles. The van der Waals surface area contributed by atoms with Crippen LogP contribution in [0.4, 0.5) is 0 Å². The molecule has 5 nitrogen and oxygen atoms in total. The third kappa shape index (κ3) is 14.2. The van der Waals surface area contributed by atoms with E-state index in [1.807, 2.05) is 21.1 Å². The summed E-state index contributed by atoms with van der Waals surface area (Å²) in [5.74, 6) is 0.241. The Labute approximate surface area is 197 Å². The zero-order chi connectivity index (χ0) is 22.6. The zero-order valence-electron chi connectivity index (χ0n) is 19.2. The molecule has 30 heavy (non-hydrogen) atoms. The lowest BCUT2D eigenvalue weighted by atomic mass is 9.88. The fourth-order valence-electron chi connectivity index (χ4n) is 3.95. The first-order chi connectivity index (χ1) is 14.0. The van der Waals surface area contributed by atoms with Gasteiger partial charge in [0.25, 0.3) is 0 Å². The number of unbranched alkanes of at least 4 members (excludes halogenated alkanes) is 7. The molecule has 0 spiro atoms. The standard InChI is InChI=1S/C23H41INO4P/c1-5-6-7-8-9-10-11-12-13-21(20-14-16-22(24)17-15-20)18-23(19-25(2,3)4)29-30(26,27)28/h14-17,21,23H,5-13,18-19H2,1-4H3,(H-,26,27,28)/p+1. The maximum absolute atomic E-state index is 11.6. The van der Waals surface area contributed by atoms with Crippen LogP contribution in [0, 0.1) is 3.57 Å². The van der Waals surface area contributed by atoms with Crippen LogP contribution in [-0.4, -0.2) is 48.1 Å². The molecule has 0 bridgehead atoms. The second-order valence-electron chi connectivity index (χ2n) is 9.44. The molecule has 1 aromatic rings. The number of phosphoric acid groups is 1. The first-order valence-electron chi connectivity index (χ1n) is 11.3. The number of quaternary nitrogens is 1. The molecule has 7 heteroatoms. The normalized spacial score (nSPS) is 14.6. The minimum Gasteiger partial charge on any atom is -0.329 e. The predicted octanol–water partition coefficient (Wildman–Crippen LogP) is 6.48. The third-order valence-electron chi connectivity index (χ3n) is 5.33. The Kier molecular flexibility index (Phi) is 13.3. The Hall–Kier alpha value is 0.0200. The molecule has 174 valence electrons. The van der Waals surface area contributed by atoms with Crippen LogP contribution in [0.2, 0.25) is 0 Å². The number of likely N-dealkylation sites (N-methyl/N-ethyl adjacent to an activating group) is 1. The number of hydrogen-bond donors (Lipinski definition) is 2. The summed E-state index contributed by atoms with van der Waals surface area (Å²) in [6.07, 6.45) is 11.4. The lowest BCUT2D eigenvalue weighted by molar-refractivity contribution is -0.873. The van der Waals surface area contributed by atoms with Gasteiger partial charge in [0.15, 0.2) is 0 Å². The van der Waals surface area contributed by atoms with Gasteiger partial charge in [-0.3, -0.25) is 4.52 Å². The van der Waals surface area contributed by atoms with Crippen LogP contribution in [-0.2, 0) is 9.09 Å². The van der Waals surface area contributed by atoms with E-state index in [1.54, 1.807) is 0 Å².